The first-order chi connectivity index (χ1) is 9.54. The van der Waals surface area contributed by atoms with Gasteiger partial charge in [0.2, 0.25) is 0 Å². The van der Waals surface area contributed by atoms with Gasteiger partial charge in [-0.05, 0) is 18.6 Å². The summed E-state index contributed by atoms with van der Waals surface area (Å²) in [6.07, 6.45) is 2.35. The number of aryl methyl sites for hydroxylation is 1. The van der Waals surface area contributed by atoms with E-state index in [9.17, 15) is 9.59 Å². The molecule has 1 aromatic heterocycles. The van der Waals surface area contributed by atoms with Crippen molar-refractivity contribution in [2.75, 3.05) is 7.11 Å². The van der Waals surface area contributed by atoms with Gasteiger partial charge in [-0.2, -0.15) is 0 Å². The van der Waals surface area contributed by atoms with Gasteiger partial charge in [-0.3, -0.25) is 9.59 Å². The van der Waals surface area contributed by atoms with Crippen molar-refractivity contribution in [3.8, 4) is 5.75 Å². The van der Waals surface area contributed by atoms with Crippen LogP contribution in [0, 0.1) is 0 Å². The highest BCUT2D eigenvalue weighted by Gasteiger charge is 2.17. The molecule has 5 heteroatoms. The van der Waals surface area contributed by atoms with Crippen LogP contribution in [0.25, 0.3) is 10.9 Å². The molecule has 0 fully saturated rings. The number of ether oxygens (including phenoxy) is 1. The van der Waals surface area contributed by atoms with Crippen molar-refractivity contribution in [2.24, 2.45) is 7.05 Å². The molecule has 0 unspecified atom stereocenters. The van der Waals surface area contributed by atoms with Crippen LogP contribution in [-0.2, 0) is 11.8 Å². The molecule has 106 valence electrons. The van der Waals surface area contributed by atoms with E-state index >= 15 is 0 Å². The highest BCUT2D eigenvalue weighted by molar-refractivity contribution is 6.10. The number of carbonyl (C=O) groups excluding carboxylic acids is 1. The molecule has 0 atom stereocenters. The molecule has 1 N–H and O–H groups in total. The highest BCUT2D eigenvalue weighted by Crippen LogP contribution is 2.31. The summed E-state index contributed by atoms with van der Waals surface area (Å²) in [6, 6.07) is 5.61. The van der Waals surface area contributed by atoms with E-state index in [1.54, 1.807) is 13.3 Å². The number of hydrogen-bond acceptors (Lipinski definition) is 3. The van der Waals surface area contributed by atoms with Crippen molar-refractivity contribution >= 4 is 22.7 Å². The molecule has 20 heavy (non-hydrogen) atoms. The SMILES string of the molecule is COc1cccc2c1c(C(=O)CCCC(=O)O)cn2C. The van der Waals surface area contributed by atoms with E-state index in [2.05, 4.69) is 0 Å². The minimum atomic E-state index is -0.881. The van der Waals surface area contributed by atoms with Crippen molar-refractivity contribution in [3.63, 3.8) is 0 Å². The number of aromatic nitrogens is 1. The lowest BCUT2D eigenvalue weighted by atomic mass is 10.0. The smallest absolute Gasteiger partial charge is 0.303 e. The van der Waals surface area contributed by atoms with Gasteiger partial charge in [0, 0.05) is 31.6 Å². The minimum Gasteiger partial charge on any atom is -0.496 e. The third-order valence-electron chi connectivity index (χ3n) is 3.29. The molecule has 0 amide bonds. The van der Waals surface area contributed by atoms with E-state index in [1.165, 1.54) is 0 Å². The molecule has 0 bridgehead atoms. The van der Waals surface area contributed by atoms with Crippen molar-refractivity contribution in [1.82, 2.24) is 4.57 Å². The quantitative estimate of drug-likeness (QED) is 0.823. The number of Topliss-reactive ketones (excluding diaryl/α,β-unsaturated/α-hetero) is 1. The molecule has 5 nitrogen and oxygen atoms in total. The summed E-state index contributed by atoms with van der Waals surface area (Å²) in [5.74, 6) is -0.278. The molecule has 0 aliphatic carbocycles. The van der Waals surface area contributed by atoms with Gasteiger partial charge in [-0.1, -0.05) is 6.07 Å². The Labute approximate surface area is 116 Å². The Hall–Kier alpha value is -2.30. The Morgan fingerprint density at radius 2 is 2.05 bits per heavy atom. The molecule has 2 rings (SSSR count). The second-order valence-electron chi connectivity index (χ2n) is 4.68. The van der Waals surface area contributed by atoms with Gasteiger partial charge in [0.1, 0.15) is 5.75 Å². The number of methoxy groups -OCH3 is 1. The predicted octanol–water partition coefficient (Wildman–Crippen LogP) is 2.62. The van der Waals surface area contributed by atoms with Crippen LogP contribution in [-0.4, -0.2) is 28.5 Å². The summed E-state index contributed by atoms with van der Waals surface area (Å²) in [5.41, 5.74) is 1.51. The molecule has 0 saturated heterocycles. The molecule has 0 aliphatic rings. The largest absolute Gasteiger partial charge is 0.496 e. The van der Waals surface area contributed by atoms with Crippen LogP contribution in [0.3, 0.4) is 0 Å². The summed E-state index contributed by atoms with van der Waals surface area (Å²) in [6.45, 7) is 0. The summed E-state index contributed by atoms with van der Waals surface area (Å²) in [5, 5.41) is 9.41. The lowest BCUT2D eigenvalue weighted by Crippen LogP contribution is -2.01. The standard InChI is InChI=1S/C15H17NO4/c1-16-9-10(12(17)6-4-8-14(18)19)15-11(16)5-3-7-13(15)20-2/h3,5,7,9H,4,6,8H2,1-2H3,(H,18,19). The number of aliphatic carboxylic acids is 1. The molecule has 1 aromatic carbocycles. The van der Waals surface area contributed by atoms with Crippen LogP contribution in [0.1, 0.15) is 29.6 Å². The third-order valence-corrected chi connectivity index (χ3v) is 3.29. The van der Waals surface area contributed by atoms with Crippen LogP contribution in [0.5, 0.6) is 5.75 Å². The second kappa shape index (κ2) is 5.77. The van der Waals surface area contributed by atoms with E-state index in [1.807, 2.05) is 29.8 Å². The van der Waals surface area contributed by atoms with Gasteiger partial charge in [0.15, 0.2) is 5.78 Å². The molecule has 0 radical (unpaired) electrons. The summed E-state index contributed by atoms with van der Waals surface area (Å²) in [7, 11) is 3.44. The fraction of sp³-hybridized carbons (Fsp3) is 0.333. The van der Waals surface area contributed by atoms with Crippen molar-refractivity contribution in [2.45, 2.75) is 19.3 Å². The number of carbonyl (C=O) groups is 2. The van der Waals surface area contributed by atoms with Gasteiger partial charge >= 0.3 is 5.97 Å². The Bertz CT molecular complexity index is 657. The topological polar surface area (TPSA) is 68.5 Å². The Balaban J connectivity index is 2.34. The average Bonchev–Trinajstić information content (AvgIpc) is 2.76. The highest BCUT2D eigenvalue weighted by atomic mass is 16.5. The van der Waals surface area contributed by atoms with Crippen molar-refractivity contribution in [1.29, 1.82) is 0 Å². The third kappa shape index (κ3) is 2.66. The number of ketones is 1. The van der Waals surface area contributed by atoms with Crippen LogP contribution in [0.15, 0.2) is 24.4 Å². The second-order valence-corrected chi connectivity index (χ2v) is 4.68. The van der Waals surface area contributed by atoms with Crippen molar-refractivity contribution in [3.05, 3.63) is 30.0 Å². The normalized spacial score (nSPS) is 10.7. The lowest BCUT2D eigenvalue weighted by molar-refractivity contribution is -0.137. The van der Waals surface area contributed by atoms with Crippen molar-refractivity contribution < 1.29 is 19.4 Å². The van der Waals surface area contributed by atoms with Gasteiger partial charge in [-0.25, -0.2) is 0 Å². The Kier molecular flexibility index (Phi) is 4.08. The molecular weight excluding hydrogens is 258 g/mol. The van der Waals surface area contributed by atoms with Gasteiger partial charge < -0.3 is 14.4 Å². The Morgan fingerprint density at radius 3 is 2.70 bits per heavy atom. The number of fused-ring (bicyclic) bond motifs is 1. The fourth-order valence-electron chi connectivity index (χ4n) is 2.33. The fourth-order valence-corrected chi connectivity index (χ4v) is 2.33. The molecule has 0 spiro atoms. The number of rotatable bonds is 6. The Morgan fingerprint density at radius 1 is 1.30 bits per heavy atom. The van der Waals surface area contributed by atoms with Crippen LogP contribution >= 0.6 is 0 Å². The zero-order chi connectivity index (χ0) is 14.7. The number of benzene rings is 1. The van der Waals surface area contributed by atoms with Crippen LogP contribution < -0.4 is 4.74 Å². The van der Waals surface area contributed by atoms with Gasteiger partial charge in [0.05, 0.1) is 18.0 Å². The first-order valence-corrected chi connectivity index (χ1v) is 6.41. The van der Waals surface area contributed by atoms with E-state index < -0.39 is 5.97 Å². The number of carboxylic acid groups (broad SMARTS) is 1. The zero-order valence-corrected chi connectivity index (χ0v) is 11.5. The maximum Gasteiger partial charge on any atom is 0.303 e. The monoisotopic (exact) mass is 275 g/mol. The molecule has 0 saturated carbocycles. The van der Waals surface area contributed by atoms with Gasteiger partial charge in [0.25, 0.3) is 0 Å². The maximum atomic E-state index is 12.3. The molecule has 0 aliphatic heterocycles. The number of hydrogen-bond donors (Lipinski definition) is 1. The lowest BCUT2D eigenvalue weighted by Gasteiger charge is -2.04. The first kappa shape index (κ1) is 14.1. The molecule has 1 heterocycles. The summed E-state index contributed by atoms with van der Waals surface area (Å²) in [4.78, 5) is 22.8. The molecule has 2 aromatic rings. The predicted molar refractivity (Wildman–Crippen MR) is 75.3 cm³/mol. The summed E-state index contributed by atoms with van der Waals surface area (Å²) >= 11 is 0. The minimum absolute atomic E-state index is 0.00758. The van der Waals surface area contributed by atoms with E-state index in [0.717, 1.165) is 10.9 Å². The zero-order valence-electron chi connectivity index (χ0n) is 11.5. The average molecular weight is 275 g/mol. The maximum absolute atomic E-state index is 12.3. The number of carboxylic acids is 1. The first-order valence-electron chi connectivity index (χ1n) is 6.41. The van der Waals surface area contributed by atoms with Gasteiger partial charge in [-0.15, -0.1) is 0 Å². The molecular formula is C15H17NO4. The van der Waals surface area contributed by atoms with Crippen LogP contribution in [0.4, 0.5) is 0 Å². The summed E-state index contributed by atoms with van der Waals surface area (Å²) < 4.78 is 7.19. The number of nitrogens with zero attached hydrogens (tertiary/aromatic N) is 1. The van der Waals surface area contributed by atoms with E-state index in [-0.39, 0.29) is 18.6 Å². The van der Waals surface area contributed by atoms with Crippen LogP contribution in [0.2, 0.25) is 0 Å². The van der Waals surface area contributed by atoms with E-state index in [0.29, 0.717) is 17.7 Å². The van der Waals surface area contributed by atoms with E-state index in [4.69, 9.17) is 9.84 Å².